The summed E-state index contributed by atoms with van der Waals surface area (Å²) in [6.07, 6.45) is 1.86. The third kappa shape index (κ3) is 1.48. The van der Waals surface area contributed by atoms with Crippen molar-refractivity contribution in [1.82, 2.24) is 4.48 Å². The SMILES string of the molecule is Cc1cc(C)n2c1C=C1c3ccccc3C(Br)=[N+]1[B-]2(F)F. The Bertz CT molecular complexity index is 865. The van der Waals surface area contributed by atoms with Crippen molar-refractivity contribution < 1.29 is 13.1 Å². The van der Waals surface area contributed by atoms with E-state index in [1.54, 1.807) is 6.92 Å². The maximum Gasteiger partial charge on any atom is 0.738 e. The van der Waals surface area contributed by atoms with Crippen molar-refractivity contribution in [3.63, 3.8) is 0 Å². The first-order chi connectivity index (χ1) is 9.93. The van der Waals surface area contributed by atoms with Crippen LogP contribution in [0.4, 0.5) is 8.63 Å². The fourth-order valence-corrected chi connectivity index (χ4v) is 4.16. The lowest BCUT2D eigenvalue weighted by molar-refractivity contribution is -0.314. The molecular formula is C15H12BBrF2N2. The van der Waals surface area contributed by atoms with Gasteiger partial charge in [0.1, 0.15) is 0 Å². The Morgan fingerprint density at radius 2 is 1.81 bits per heavy atom. The summed E-state index contributed by atoms with van der Waals surface area (Å²) < 4.78 is 32.9. The minimum absolute atomic E-state index is 0.436. The van der Waals surface area contributed by atoms with Crippen LogP contribution < -0.4 is 0 Å². The molecule has 4 rings (SSSR count). The lowest BCUT2D eigenvalue weighted by Crippen LogP contribution is -2.49. The highest BCUT2D eigenvalue weighted by Crippen LogP contribution is 2.41. The van der Waals surface area contributed by atoms with Crippen molar-refractivity contribution >= 4 is 39.3 Å². The van der Waals surface area contributed by atoms with Gasteiger partial charge in [-0.1, -0.05) is 12.1 Å². The van der Waals surface area contributed by atoms with Crippen molar-refractivity contribution in [3.05, 3.63) is 58.4 Å². The standard InChI is InChI=1S/C15H12BBrF2N2/c1-9-7-10(2)20-13(9)8-14-11-5-3-4-6-12(11)15(17)21(14)16(20,18)19/h3-8H,1-2H3. The lowest BCUT2D eigenvalue weighted by Gasteiger charge is -2.29. The Balaban J connectivity index is 2.13. The summed E-state index contributed by atoms with van der Waals surface area (Å²) >= 11 is 3.36. The van der Waals surface area contributed by atoms with E-state index in [0.29, 0.717) is 21.7 Å². The van der Waals surface area contributed by atoms with E-state index in [1.807, 2.05) is 43.3 Å². The van der Waals surface area contributed by atoms with Crippen LogP contribution in [0.5, 0.6) is 0 Å². The number of aromatic nitrogens is 1. The lowest BCUT2D eigenvalue weighted by atomic mass is 9.90. The number of rotatable bonds is 0. The van der Waals surface area contributed by atoms with Crippen LogP contribution in [0.2, 0.25) is 0 Å². The van der Waals surface area contributed by atoms with Gasteiger partial charge in [-0.25, -0.2) is 0 Å². The highest BCUT2D eigenvalue weighted by atomic mass is 79.9. The summed E-state index contributed by atoms with van der Waals surface area (Å²) in [6, 6.07) is 9.29. The molecule has 1 aromatic heterocycles. The fraction of sp³-hybridized carbons (Fsp3) is 0.133. The van der Waals surface area contributed by atoms with E-state index < -0.39 is 6.97 Å². The van der Waals surface area contributed by atoms with Gasteiger partial charge in [0.15, 0.2) is 5.70 Å². The van der Waals surface area contributed by atoms with E-state index in [1.165, 1.54) is 0 Å². The van der Waals surface area contributed by atoms with Gasteiger partial charge in [-0.15, -0.1) is 0 Å². The van der Waals surface area contributed by atoms with Crippen LogP contribution in [-0.2, 0) is 0 Å². The number of hydrogen-bond acceptors (Lipinski definition) is 0. The van der Waals surface area contributed by atoms with Gasteiger partial charge in [0.2, 0.25) is 4.62 Å². The molecule has 21 heavy (non-hydrogen) atoms. The molecule has 1 aromatic carbocycles. The summed E-state index contributed by atoms with van der Waals surface area (Å²) in [5, 5.41) is 0. The Morgan fingerprint density at radius 3 is 2.52 bits per heavy atom. The Kier molecular flexibility index (Phi) is 2.44. The predicted octanol–water partition coefficient (Wildman–Crippen LogP) is 4.01. The van der Waals surface area contributed by atoms with Crippen LogP contribution in [0.15, 0.2) is 30.3 Å². The maximum atomic E-state index is 15.1. The van der Waals surface area contributed by atoms with E-state index in [9.17, 15) is 0 Å². The van der Waals surface area contributed by atoms with E-state index in [0.717, 1.165) is 25.7 Å². The summed E-state index contributed by atoms with van der Waals surface area (Å²) in [4.78, 5) is 0. The topological polar surface area (TPSA) is 7.94 Å². The van der Waals surface area contributed by atoms with Gasteiger partial charge >= 0.3 is 6.97 Å². The molecular weight excluding hydrogens is 337 g/mol. The molecule has 0 saturated carbocycles. The summed E-state index contributed by atoms with van der Waals surface area (Å²) in [7, 11) is 0. The highest BCUT2D eigenvalue weighted by molar-refractivity contribution is 9.18. The average molecular weight is 349 g/mol. The van der Waals surface area contributed by atoms with Gasteiger partial charge in [0.05, 0.1) is 11.1 Å². The Morgan fingerprint density at radius 1 is 1.14 bits per heavy atom. The molecule has 0 saturated heterocycles. The summed E-state index contributed by atoms with van der Waals surface area (Å²) in [5.74, 6) is 0. The molecule has 2 aliphatic heterocycles. The average Bonchev–Trinajstić information content (AvgIpc) is 2.88. The fourth-order valence-electron chi connectivity index (χ4n) is 3.38. The highest BCUT2D eigenvalue weighted by Gasteiger charge is 2.54. The second-order valence-electron chi connectivity index (χ2n) is 5.55. The molecule has 2 aromatic rings. The molecule has 0 amide bonds. The van der Waals surface area contributed by atoms with Gasteiger partial charge in [0, 0.05) is 27.7 Å². The number of hydrogen-bond donors (Lipinski definition) is 0. The molecule has 0 spiro atoms. The van der Waals surface area contributed by atoms with Gasteiger partial charge in [-0.2, -0.15) is 0 Å². The molecule has 0 unspecified atom stereocenters. The van der Waals surface area contributed by atoms with Crippen molar-refractivity contribution in [2.75, 3.05) is 0 Å². The van der Waals surface area contributed by atoms with Gasteiger partial charge in [-0.05, 0) is 43.3 Å². The normalized spacial score (nSPS) is 18.2. The molecule has 0 fully saturated rings. The molecule has 2 nitrogen and oxygen atoms in total. The van der Waals surface area contributed by atoms with Gasteiger partial charge in [-0.3, -0.25) is 0 Å². The maximum absolute atomic E-state index is 15.1. The van der Waals surface area contributed by atoms with Crippen molar-refractivity contribution in [2.24, 2.45) is 0 Å². The van der Waals surface area contributed by atoms with Crippen LogP contribution in [0.1, 0.15) is 28.1 Å². The van der Waals surface area contributed by atoms with E-state index >= 15 is 8.63 Å². The van der Waals surface area contributed by atoms with Crippen molar-refractivity contribution in [1.29, 1.82) is 0 Å². The quantitative estimate of drug-likeness (QED) is 0.636. The van der Waals surface area contributed by atoms with E-state index in [2.05, 4.69) is 15.9 Å². The van der Waals surface area contributed by atoms with Crippen LogP contribution in [0.3, 0.4) is 0 Å². The minimum atomic E-state index is -3.89. The number of fused-ring (bicyclic) bond motifs is 4. The number of aryl methyl sites for hydroxylation is 2. The zero-order valence-corrected chi connectivity index (χ0v) is 13.2. The number of halogens is 3. The number of nitrogens with zero attached hydrogens (tertiary/aromatic N) is 2. The molecule has 0 N–H and O–H groups in total. The van der Waals surface area contributed by atoms with Crippen molar-refractivity contribution in [2.45, 2.75) is 13.8 Å². The third-order valence-corrected chi connectivity index (χ3v) is 5.07. The largest absolute Gasteiger partial charge is 0.738 e. The summed E-state index contributed by atoms with van der Waals surface area (Å²) in [5.41, 5.74) is 4.28. The first-order valence-electron chi connectivity index (χ1n) is 6.77. The predicted molar refractivity (Wildman–Crippen MR) is 84.9 cm³/mol. The number of benzene rings is 1. The molecule has 106 valence electrons. The van der Waals surface area contributed by atoms with Crippen LogP contribution in [-0.4, -0.2) is 20.6 Å². The molecule has 0 atom stereocenters. The van der Waals surface area contributed by atoms with E-state index in [-0.39, 0.29) is 0 Å². The molecule has 3 heterocycles. The van der Waals surface area contributed by atoms with Gasteiger partial charge in [0.25, 0.3) is 0 Å². The first-order valence-corrected chi connectivity index (χ1v) is 7.56. The van der Waals surface area contributed by atoms with Crippen molar-refractivity contribution in [3.8, 4) is 0 Å². The summed E-state index contributed by atoms with van der Waals surface area (Å²) in [6.45, 7) is -0.297. The molecule has 0 bridgehead atoms. The third-order valence-electron chi connectivity index (χ3n) is 4.26. The molecule has 0 radical (unpaired) electrons. The van der Waals surface area contributed by atoms with E-state index in [4.69, 9.17) is 0 Å². The van der Waals surface area contributed by atoms with Gasteiger partial charge < -0.3 is 17.6 Å². The minimum Gasteiger partial charge on any atom is -0.394 e. The van der Waals surface area contributed by atoms with Crippen LogP contribution in [0.25, 0.3) is 11.8 Å². The molecule has 6 heteroatoms. The Hall–Kier alpha value is -1.69. The monoisotopic (exact) mass is 348 g/mol. The molecule has 0 aliphatic carbocycles. The molecule has 2 aliphatic rings. The zero-order valence-electron chi connectivity index (χ0n) is 11.6. The van der Waals surface area contributed by atoms with Crippen LogP contribution in [0, 0.1) is 13.8 Å². The Labute approximate surface area is 129 Å². The second kappa shape index (κ2) is 3.94. The van der Waals surface area contributed by atoms with Crippen LogP contribution >= 0.6 is 15.9 Å². The smallest absolute Gasteiger partial charge is 0.394 e. The first kappa shape index (κ1) is 13.0. The second-order valence-corrected chi connectivity index (χ2v) is 6.30. The zero-order chi connectivity index (χ0) is 14.9.